The predicted octanol–water partition coefficient (Wildman–Crippen LogP) is 3.28. The highest BCUT2D eigenvalue weighted by molar-refractivity contribution is 6.30. The van der Waals surface area contributed by atoms with Crippen LogP contribution in [0.25, 0.3) is 6.08 Å². The first kappa shape index (κ1) is 16.1. The number of nitrogens with zero attached hydrogens (tertiary/aromatic N) is 1. The number of methoxy groups -OCH3 is 1. The Hall–Kier alpha value is -2.27. The molecule has 2 aromatic rings. The molecular formula is C16H17ClN2O3. The van der Waals surface area contributed by atoms with E-state index in [1.165, 1.54) is 6.08 Å². The number of rotatable bonds is 5. The zero-order valence-corrected chi connectivity index (χ0v) is 13.4. The van der Waals surface area contributed by atoms with E-state index in [1.807, 2.05) is 13.8 Å². The van der Waals surface area contributed by atoms with Crippen molar-refractivity contribution in [1.82, 2.24) is 10.3 Å². The Kier molecular flexibility index (Phi) is 5.22. The largest absolute Gasteiger partial charge is 0.496 e. The molecule has 1 amide bonds. The van der Waals surface area contributed by atoms with Crippen LogP contribution in [0.4, 0.5) is 0 Å². The third kappa shape index (κ3) is 4.11. The van der Waals surface area contributed by atoms with Crippen LogP contribution >= 0.6 is 11.6 Å². The van der Waals surface area contributed by atoms with E-state index in [2.05, 4.69) is 10.3 Å². The topological polar surface area (TPSA) is 64.4 Å². The van der Waals surface area contributed by atoms with Crippen LogP contribution in [-0.4, -0.2) is 18.0 Å². The van der Waals surface area contributed by atoms with Gasteiger partial charge in [-0.05, 0) is 38.1 Å². The van der Waals surface area contributed by atoms with Crippen molar-refractivity contribution >= 4 is 23.6 Å². The van der Waals surface area contributed by atoms with Gasteiger partial charge in [0.05, 0.1) is 19.3 Å². The van der Waals surface area contributed by atoms with Gasteiger partial charge in [0.25, 0.3) is 0 Å². The molecule has 0 radical (unpaired) electrons. The lowest BCUT2D eigenvalue weighted by Gasteiger charge is -2.04. The maximum atomic E-state index is 11.8. The van der Waals surface area contributed by atoms with Gasteiger partial charge in [-0.3, -0.25) is 4.79 Å². The molecule has 0 saturated carbocycles. The molecule has 0 fully saturated rings. The summed E-state index contributed by atoms with van der Waals surface area (Å²) < 4.78 is 10.6. The molecule has 5 nitrogen and oxygen atoms in total. The molecule has 0 atom stereocenters. The summed E-state index contributed by atoms with van der Waals surface area (Å²) in [6.07, 6.45) is 3.06. The molecule has 0 unspecified atom stereocenters. The Balaban J connectivity index is 1.98. The summed E-state index contributed by atoms with van der Waals surface area (Å²) in [6, 6.07) is 5.20. The molecule has 22 heavy (non-hydrogen) atoms. The molecule has 0 aliphatic heterocycles. The molecule has 1 heterocycles. The average Bonchev–Trinajstić information content (AvgIpc) is 2.82. The van der Waals surface area contributed by atoms with E-state index in [0.717, 1.165) is 17.0 Å². The number of benzene rings is 1. The van der Waals surface area contributed by atoms with Crippen LogP contribution in [0.15, 0.2) is 28.7 Å². The number of carbonyl (C=O) groups excluding carboxylic acids is 1. The van der Waals surface area contributed by atoms with Crippen molar-refractivity contribution in [2.45, 2.75) is 20.4 Å². The highest BCUT2D eigenvalue weighted by Crippen LogP contribution is 2.23. The van der Waals surface area contributed by atoms with Crippen LogP contribution < -0.4 is 10.1 Å². The molecule has 0 aliphatic rings. The minimum atomic E-state index is -0.254. The van der Waals surface area contributed by atoms with Gasteiger partial charge >= 0.3 is 0 Å². The second-order valence-electron chi connectivity index (χ2n) is 4.69. The fourth-order valence-corrected chi connectivity index (χ4v) is 2.02. The van der Waals surface area contributed by atoms with Gasteiger partial charge in [-0.2, -0.15) is 0 Å². The standard InChI is InChI=1S/C16H17ClN2O3/c1-10-11(2)22-16(19-10)9-18-15(20)7-4-12-8-13(17)5-6-14(12)21-3/h4-8H,9H2,1-3H3,(H,18,20)/b7-4+. The van der Waals surface area contributed by atoms with Crippen LogP contribution in [0.5, 0.6) is 5.75 Å². The van der Waals surface area contributed by atoms with Crippen LogP contribution in [0.3, 0.4) is 0 Å². The molecule has 1 aromatic carbocycles. The Labute approximate surface area is 133 Å². The molecule has 6 heteroatoms. The number of nitrogens with one attached hydrogen (secondary N) is 1. The maximum Gasteiger partial charge on any atom is 0.244 e. The zero-order valence-electron chi connectivity index (χ0n) is 12.6. The van der Waals surface area contributed by atoms with Crippen molar-refractivity contribution in [2.24, 2.45) is 0 Å². The predicted molar refractivity (Wildman–Crippen MR) is 84.9 cm³/mol. The van der Waals surface area contributed by atoms with Gasteiger partial charge in [-0.15, -0.1) is 0 Å². The van der Waals surface area contributed by atoms with Gasteiger partial charge in [0.15, 0.2) is 0 Å². The van der Waals surface area contributed by atoms with Gasteiger partial charge in [0.1, 0.15) is 11.5 Å². The Morgan fingerprint density at radius 2 is 2.23 bits per heavy atom. The fourth-order valence-electron chi connectivity index (χ4n) is 1.84. The van der Waals surface area contributed by atoms with Crippen LogP contribution in [0.2, 0.25) is 5.02 Å². The number of hydrogen-bond acceptors (Lipinski definition) is 4. The van der Waals surface area contributed by atoms with Gasteiger partial charge in [-0.1, -0.05) is 11.6 Å². The quantitative estimate of drug-likeness (QED) is 0.859. The minimum Gasteiger partial charge on any atom is -0.496 e. The molecule has 1 aromatic heterocycles. The van der Waals surface area contributed by atoms with E-state index < -0.39 is 0 Å². The first-order chi connectivity index (χ1) is 10.5. The fraction of sp³-hybridized carbons (Fsp3) is 0.250. The summed E-state index contributed by atoms with van der Waals surface area (Å²) in [5.41, 5.74) is 1.55. The zero-order chi connectivity index (χ0) is 16.1. The summed E-state index contributed by atoms with van der Waals surface area (Å²) in [7, 11) is 1.56. The molecule has 0 bridgehead atoms. The lowest BCUT2D eigenvalue weighted by molar-refractivity contribution is -0.116. The highest BCUT2D eigenvalue weighted by atomic mass is 35.5. The average molecular weight is 321 g/mol. The molecule has 116 valence electrons. The number of hydrogen-bond donors (Lipinski definition) is 1. The van der Waals surface area contributed by atoms with E-state index >= 15 is 0 Å². The Morgan fingerprint density at radius 3 is 2.86 bits per heavy atom. The monoisotopic (exact) mass is 320 g/mol. The third-order valence-electron chi connectivity index (χ3n) is 3.09. The number of aryl methyl sites for hydroxylation is 2. The summed E-state index contributed by atoms with van der Waals surface area (Å²) in [6.45, 7) is 3.93. The van der Waals surface area contributed by atoms with E-state index in [0.29, 0.717) is 16.7 Å². The number of oxazole rings is 1. The van der Waals surface area contributed by atoms with Crippen molar-refractivity contribution in [2.75, 3.05) is 7.11 Å². The number of amides is 1. The van der Waals surface area contributed by atoms with E-state index in [1.54, 1.807) is 31.4 Å². The second-order valence-corrected chi connectivity index (χ2v) is 5.12. The van der Waals surface area contributed by atoms with Crippen molar-refractivity contribution in [3.8, 4) is 5.75 Å². The lowest BCUT2D eigenvalue weighted by atomic mass is 10.2. The second kappa shape index (κ2) is 7.13. The van der Waals surface area contributed by atoms with E-state index in [-0.39, 0.29) is 12.5 Å². The molecule has 2 rings (SSSR count). The lowest BCUT2D eigenvalue weighted by Crippen LogP contribution is -2.20. The van der Waals surface area contributed by atoms with E-state index in [9.17, 15) is 4.79 Å². The summed E-state index contributed by atoms with van der Waals surface area (Å²) >= 11 is 5.94. The maximum absolute atomic E-state index is 11.8. The Morgan fingerprint density at radius 1 is 1.45 bits per heavy atom. The smallest absolute Gasteiger partial charge is 0.244 e. The van der Waals surface area contributed by atoms with Crippen molar-refractivity contribution in [1.29, 1.82) is 0 Å². The molecule has 0 saturated heterocycles. The van der Waals surface area contributed by atoms with Crippen molar-refractivity contribution < 1.29 is 13.9 Å². The number of halogens is 1. The highest BCUT2D eigenvalue weighted by Gasteiger charge is 2.06. The summed E-state index contributed by atoms with van der Waals surface area (Å²) in [4.78, 5) is 16.0. The minimum absolute atomic E-state index is 0.241. The Bertz CT molecular complexity index is 688. The first-order valence-corrected chi connectivity index (χ1v) is 7.09. The third-order valence-corrected chi connectivity index (χ3v) is 3.33. The number of carbonyl (C=O) groups is 1. The molecule has 0 aliphatic carbocycles. The van der Waals surface area contributed by atoms with Crippen molar-refractivity contribution in [3.05, 3.63) is 52.2 Å². The first-order valence-electron chi connectivity index (χ1n) is 6.72. The van der Waals surface area contributed by atoms with Gasteiger partial charge in [0, 0.05) is 16.7 Å². The molecule has 1 N–H and O–H groups in total. The normalized spacial score (nSPS) is 10.9. The molecular weight excluding hydrogens is 304 g/mol. The van der Waals surface area contributed by atoms with Gasteiger partial charge in [-0.25, -0.2) is 4.98 Å². The molecule has 0 spiro atoms. The van der Waals surface area contributed by atoms with Crippen LogP contribution in [0.1, 0.15) is 22.9 Å². The van der Waals surface area contributed by atoms with Gasteiger partial charge in [0.2, 0.25) is 11.8 Å². The SMILES string of the molecule is COc1ccc(Cl)cc1/C=C/C(=O)NCc1nc(C)c(C)o1. The van der Waals surface area contributed by atoms with Crippen LogP contribution in [0, 0.1) is 13.8 Å². The van der Waals surface area contributed by atoms with E-state index in [4.69, 9.17) is 20.8 Å². The number of ether oxygens (including phenoxy) is 1. The summed E-state index contributed by atoms with van der Waals surface area (Å²) in [5.74, 6) is 1.63. The van der Waals surface area contributed by atoms with Gasteiger partial charge < -0.3 is 14.5 Å². The number of aromatic nitrogens is 1. The summed E-state index contributed by atoms with van der Waals surface area (Å²) in [5, 5.41) is 3.28. The van der Waals surface area contributed by atoms with Crippen molar-refractivity contribution in [3.63, 3.8) is 0 Å². The van der Waals surface area contributed by atoms with Crippen LogP contribution in [-0.2, 0) is 11.3 Å².